The molecule has 0 radical (unpaired) electrons. The van der Waals surface area contributed by atoms with Crippen molar-refractivity contribution in [3.8, 4) is 0 Å². The van der Waals surface area contributed by atoms with Gasteiger partial charge in [0.25, 0.3) is 5.91 Å². The SMILES string of the molecule is Cc1cccc(N2C(=O)[C@@H]3[C@@H](ON(c4ccccc4)[C@H]3c3ccncc3)C2=O)c1. The van der Waals surface area contributed by atoms with Gasteiger partial charge in [0.05, 0.1) is 17.4 Å². The summed E-state index contributed by atoms with van der Waals surface area (Å²) in [6, 6.07) is 20.2. The van der Waals surface area contributed by atoms with Crippen molar-refractivity contribution in [1.29, 1.82) is 0 Å². The van der Waals surface area contributed by atoms with Crippen molar-refractivity contribution in [1.82, 2.24) is 4.98 Å². The van der Waals surface area contributed by atoms with Crippen molar-refractivity contribution < 1.29 is 14.4 Å². The highest BCUT2D eigenvalue weighted by atomic mass is 16.7. The molecule has 5 rings (SSSR count). The third-order valence-corrected chi connectivity index (χ3v) is 5.43. The predicted octanol–water partition coefficient (Wildman–Crippen LogP) is 3.44. The van der Waals surface area contributed by atoms with Crippen LogP contribution in [0.1, 0.15) is 17.2 Å². The lowest BCUT2D eigenvalue weighted by Crippen LogP contribution is -2.37. The standard InChI is InChI=1S/C23H19N3O3/c1-15-6-5-9-18(14-15)25-22(27)19-20(16-10-12-24-13-11-16)26(29-21(19)23(25)28)17-7-3-2-4-8-17/h2-14,19-21H,1H3/t19-,20-,21+/m0/s1. The highest BCUT2D eigenvalue weighted by Gasteiger charge is 2.60. The summed E-state index contributed by atoms with van der Waals surface area (Å²) in [5.41, 5.74) is 3.24. The van der Waals surface area contributed by atoms with Crippen LogP contribution in [0.3, 0.4) is 0 Å². The van der Waals surface area contributed by atoms with Crippen LogP contribution in [0, 0.1) is 12.8 Å². The third-order valence-electron chi connectivity index (χ3n) is 5.43. The molecule has 144 valence electrons. The van der Waals surface area contributed by atoms with Crippen LogP contribution in [-0.4, -0.2) is 22.9 Å². The minimum atomic E-state index is -0.860. The summed E-state index contributed by atoms with van der Waals surface area (Å²) in [6.07, 6.45) is 2.51. The zero-order valence-corrected chi connectivity index (χ0v) is 15.8. The Kier molecular flexibility index (Phi) is 4.14. The number of para-hydroxylation sites is 1. The number of anilines is 2. The van der Waals surface area contributed by atoms with E-state index in [0.717, 1.165) is 16.8 Å². The molecule has 0 N–H and O–H groups in total. The van der Waals surface area contributed by atoms with Crippen molar-refractivity contribution >= 4 is 23.2 Å². The van der Waals surface area contributed by atoms with Crippen LogP contribution < -0.4 is 9.96 Å². The second-order valence-corrected chi connectivity index (χ2v) is 7.29. The van der Waals surface area contributed by atoms with E-state index in [-0.39, 0.29) is 11.8 Å². The molecule has 0 saturated carbocycles. The van der Waals surface area contributed by atoms with E-state index in [1.807, 2.05) is 67.6 Å². The molecule has 1 aromatic heterocycles. The summed E-state index contributed by atoms with van der Waals surface area (Å²) in [4.78, 5) is 38.1. The van der Waals surface area contributed by atoms with Crippen LogP contribution >= 0.6 is 0 Å². The maximum absolute atomic E-state index is 13.5. The molecule has 0 bridgehead atoms. The Balaban J connectivity index is 1.59. The fraction of sp³-hybridized carbons (Fsp3) is 0.174. The number of carbonyl (C=O) groups excluding carboxylic acids is 2. The van der Waals surface area contributed by atoms with Crippen LogP contribution in [0.5, 0.6) is 0 Å². The first-order valence-corrected chi connectivity index (χ1v) is 9.50. The van der Waals surface area contributed by atoms with Gasteiger partial charge in [-0.3, -0.25) is 19.4 Å². The van der Waals surface area contributed by atoms with E-state index in [4.69, 9.17) is 4.84 Å². The van der Waals surface area contributed by atoms with Crippen molar-refractivity contribution in [3.63, 3.8) is 0 Å². The molecule has 2 amide bonds. The van der Waals surface area contributed by atoms with Crippen LogP contribution in [0.2, 0.25) is 0 Å². The quantitative estimate of drug-likeness (QED) is 0.647. The van der Waals surface area contributed by atoms with Crippen molar-refractivity contribution in [3.05, 3.63) is 90.3 Å². The van der Waals surface area contributed by atoms with Gasteiger partial charge in [-0.2, -0.15) is 0 Å². The highest BCUT2D eigenvalue weighted by molar-refractivity contribution is 6.23. The van der Waals surface area contributed by atoms with Crippen molar-refractivity contribution in [2.24, 2.45) is 5.92 Å². The molecule has 2 aliphatic rings. The predicted molar refractivity (Wildman–Crippen MR) is 108 cm³/mol. The Bertz CT molecular complexity index is 1070. The molecule has 3 atom stereocenters. The molecule has 29 heavy (non-hydrogen) atoms. The summed E-state index contributed by atoms with van der Waals surface area (Å²) in [5.74, 6) is -1.21. The lowest BCUT2D eigenvalue weighted by Gasteiger charge is -2.28. The zero-order chi connectivity index (χ0) is 20.0. The van der Waals surface area contributed by atoms with E-state index >= 15 is 0 Å². The number of hydroxylamine groups is 1. The summed E-state index contributed by atoms with van der Waals surface area (Å²) in [7, 11) is 0. The minimum absolute atomic E-state index is 0.245. The van der Waals surface area contributed by atoms with Crippen molar-refractivity contribution in [2.45, 2.75) is 19.1 Å². The van der Waals surface area contributed by atoms with Crippen LogP contribution in [0.25, 0.3) is 0 Å². The Morgan fingerprint density at radius 1 is 0.862 bits per heavy atom. The number of fused-ring (bicyclic) bond motifs is 1. The third kappa shape index (κ3) is 2.80. The number of amides is 2. The highest BCUT2D eigenvalue weighted by Crippen LogP contribution is 2.47. The number of hydrogen-bond donors (Lipinski definition) is 0. The first-order chi connectivity index (χ1) is 14.1. The number of rotatable bonds is 3. The van der Waals surface area contributed by atoms with Crippen LogP contribution in [-0.2, 0) is 14.4 Å². The Hall–Kier alpha value is -3.51. The first-order valence-electron chi connectivity index (χ1n) is 9.50. The number of carbonyl (C=O) groups is 2. The monoisotopic (exact) mass is 385 g/mol. The van der Waals surface area contributed by atoms with E-state index in [0.29, 0.717) is 5.69 Å². The molecular formula is C23H19N3O3. The fourth-order valence-corrected chi connectivity index (χ4v) is 4.13. The molecule has 0 unspecified atom stereocenters. The molecular weight excluding hydrogens is 366 g/mol. The molecule has 2 aliphatic heterocycles. The van der Waals surface area contributed by atoms with E-state index in [1.54, 1.807) is 23.5 Å². The fourth-order valence-electron chi connectivity index (χ4n) is 4.13. The van der Waals surface area contributed by atoms with Crippen molar-refractivity contribution in [2.75, 3.05) is 9.96 Å². The number of aryl methyl sites for hydroxylation is 1. The lowest BCUT2D eigenvalue weighted by atomic mass is 9.91. The Morgan fingerprint density at radius 2 is 1.59 bits per heavy atom. The average Bonchev–Trinajstić information content (AvgIpc) is 3.26. The lowest BCUT2D eigenvalue weighted by molar-refractivity contribution is -0.126. The number of imide groups is 1. The largest absolute Gasteiger partial charge is 0.273 e. The Morgan fingerprint density at radius 3 is 2.31 bits per heavy atom. The van der Waals surface area contributed by atoms with E-state index in [9.17, 15) is 9.59 Å². The van der Waals surface area contributed by atoms with Gasteiger partial charge >= 0.3 is 0 Å². The van der Waals surface area contributed by atoms with Crippen LogP contribution in [0.15, 0.2) is 79.1 Å². The summed E-state index contributed by atoms with van der Waals surface area (Å²) >= 11 is 0. The van der Waals surface area contributed by atoms with Gasteiger partial charge in [0.1, 0.15) is 5.92 Å². The molecule has 3 heterocycles. The molecule has 6 nitrogen and oxygen atoms in total. The van der Waals surface area contributed by atoms with Gasteiger partial charge in [0.15, 0.2) is 6.10 Å². The number of benzene rings is 2. The number of pyridine rings is 1. The van der Waals surface area contributed by atoms with Gasteiger partial charge in [0.2, 0.25) is 5.91 Å². The van der Waals surface area contributed by atoms with Gasteiger partial charge < -0.3 is 0 Å². The molecule has 2 fully saturated rings. The Labute approximate surface area is 168 Å². The maximum atomic E-state index is 13.5. The minimum Gasteiger partial charge on any atom is -0.273 e. The molecule has 0 spiro atoms. The van der Waals surface area contributed by atoms with E-state index < -0.39 is 18.1 Å². The maximum Gasteiger partial charge on any atom is 0.266 e. The molecule has 2 aromatic carbocycles. The second-order valence-electron chi connectivity index (χ2n) is 7.29. The van der Waals surface area contributed by atoms with Gasteiger partial charge in [0, 0.05) is 12.4 Å². The van der Waals surface area contributed by atoms with E-state index in [1.165, 1.54) is 4.90 Å². The normalized spacial score (nSPS) is 23.6. The second kappa shape index (κ2) is 6.83. The zero-order valence-electron chi connectivity index (χ0n) is 15.8. The molecule has 2 saturated heterocycles. The number of aromatic nitrogens is 1. The molecule has 6 heteroatoms. The summed E-state index contributed by atoms with van der Waals surface area (Å²) in [6.45, 7) is 1.93. The smallest absolute Gasteiger partial charge is 0.266 e. The molecule has 0 aliphatic carbocycles. The van der Waals surface area contributed by atoms with E-state index in [2.05, 4.69) is 4.98 Å². The first kappa shape index (κ1) is 17.6. The van der Waals surface area contributed by atoms with Gasteiger partial charge in [-0.05, 0) is 54.4 Å². The van der Waals surface area contributed by atoms with Crippen LogP contribution in [0.4, 0.5) is 11.4 Å². The average molecular weight is 385 g/mol. The number of hydrogen-bond acceptors (Lipinski definition) is 5. The van der Waals surface area contributed by atoms with Gasteiger partial charge in [-0.1, -0.05) is 30.3 Å². The molecule has 3 aromatic rings. The van der Waals surface area contributed by atoms with Gasteiger partial charge in [-0.15, -0.1) is 0 Å². The topological polar surface area (TPSA) is 62.7 Å². The summed E-state index contributed by atoms with van der Waals surface area (Å²) < 4.78 is 0. The summed E-state index contributed by atoms with van der Waals surface area (Å²) in [5, 5.41) is 1.69. The van der Waals surface area contributed by atoms with Gasteiger partial charge in [-0.25, -0.2) is 9.96 Å². The number of nitrogens with zero attached hydrogens (tertiary/aromatic N) is 3.